The van der Waals surface area contributed by atoms with Gasteiger partial charge in [-0.25, -0.2) is 4.39 Å². The number of morpholine rings is 1. The van der Waals surface area contributed by atoms with Crippen molar-refractivity contribution in [3.05, 3.63) is 65.5 Å². The van der Waals surface area contributed by atoms with Crippen LogP contribution in [-0.2, 0) is 16.1 Å². The highest BCUT2D eigenvalue weighted by Gasteiger charge is 2.44. The van der Waals surface area contributed by atoms with Crippen LogP contribution in [0.3, 0.4) is 0 Å². The molecule has 2 aromatic rings. The average Bonchev–Trinajstić information content (AvgIpc) is 3.16. The number of fused-ring (bicyclic) bond motifs is 1. The molecule has 2 amide bonds. The zero-order valence-corrected chi connectivity index (χ0v) is 15.5. The lowest BCUT2D eigenvalue weighted by Crippen LogP contribution is -2.53. The molecule has 0 spiro atoms. The first-order valence-electron chi connectivity index (χ1n) is 9.14. The third-order valence-corrected chi connectivity index (χ3v) is 5.27. The maximum absolute atomic E-state index is 13.2. The lowest BCUT2D eigenvalue weighted by molar-refractivity contribution is -0.153. The Balaban J connectivity index is 1.49. The largest absolute Gasteiger partial charge is 0.497 e. The molecule has 0 radical (unpaired) electrons. The Morgan fingerprint density at radius 1 is 1.14 bits per heavy atom. The van der Waals surface area contributed by atoms with Gasteiger partial charge in [-0.3, -0.25) is 9.59 Å². The van der Waals surface area contributed by atoms with E-state index in [4.69, 9.17) is 9.47 Å². The molecule has 6 nitrogen and oxygen atoms in total. The summed E-state index contributed by atoms with van der Waals surface area (Å²) in [5.74, 6) is 0.150. The summed E-state index contributed by atoms with van der Waals surface area (Å²) in [6.07, 6.45) is -0.222. The summed E-state index contributed by atoms with van der Waals surface area (Å²) < 4.78 is 24.0. The predicted octanol–water partition coefficient (Wildman–Crippen LogP) is 2.09. The SMILES string of the molecule is COc1ccc(C(=O)N2C[C@@H]3OCC(=O)N(Cc4ccc(F)cc4)[C@@H]3C2)cc1. The lowest BCUT2D eigenvalue weighted by Gasteiger charge is -2.36. The number of halogens is 1. The topological polar surface area (TPSA) is 59.1 Å². The fraction of sp³-hybridized carbons (Fsp3) is 0.333. The maximum Gasteiger partial charge on any atom is 0.254 e. The molecule has 0 bridgehead atoms. The molecule has 2 aliphatic rings. The number of likely N-dealkylation sites (tertiary alicyclic amines) is 1. The maximum atomic E-state index is 13.2. The summed E-state index contributed by atoms with van der Waals surface area (Å²) in [6, 6.07) is 12.8. The number of nitrogens with zero attached hydrogens (tertiary/aromatic N) is 2. The van der Waals surface area contributed by atoms with E-state index >= 15 is 0 Å². The molecular formula is C21H21FN2O4. The van der Waals surface area contributed by atoms with Gasteiger partial charge >= 0.3 is 0 Å². The highest BCUT2D eigenvalue weighted by molar-refractivity contribution is 5.94. The first-order valence-corrected chi connectivity index (χ1v) is 9.14. The predicted molar refractivity (Wildman–Crippen MR) is 99.4 cm³/mol. The molecule has 2 atom stereocenters. The van der Waals surface area contributed by atoms with Crippen molar-refractivity contribution in [2.24, 2.45) is 0 Å². The molecule has 28 heavy (non-hydrogen) atoms. The molecule has 4 rings (SSSR count). The second kappa shape index (κ2) is 7.59. The summed E-state index contributed by atoms with van der Waals surface area (Å²) in [7, 11) is 1.58. The van der Waals surface area contributed by atoms with Gasteiger partial charge in [0.25, 0.3) is 5.91 Å². The molecule has 2 aliphatic heterocycles. The molecule has 0 aromatic heterocycles. The van der Waals surface area contributed by atoms with Crippen LogP contribution < -0.4 is 4.74 Å². The zero-order valence-electron chi connectivity index (χ0n) is 15.5. The fourth-order valence-corrected chi connectivity index (χ4v) is 3.74. The molecule has 0 unspecified atom stereocenters. The first kappa shape index (κ1) is 18.4. The Morgan fingerprint density at radius 2 is 1.86 bits per heavy atom. The van der Waals surface area contributed by atoms with Crippen molar-refractivity contribution in [3.8, 4) is 5.75 Å². The lowest BCUT2D eigenvalue weighted by atomic mass is 10.1. The number of carbonyl (C=O) groups excluding carboxylic acids is 2. The molecule has 7 heteroatoms. The van der Waals surface area contributed by atoms with Crippen molar-refractivity contribution >= 4 is 11.8 Å². The van der Waals surface area contributed by atoms with E-state index in [1.54, 1.807) is 53.3 Å². The third kappa shape index (κ3) is 3.57. The minimum atomic E-state index is -0.313. The summed E-state index contributed by atoms with van der Waals surface area (Å²) in [4.78, 5) is 28.7. The Morgan fingerprint density at radius 3 is 2.54 bits per heavy atom. The molecule has 2 heterocycles. The van der Waals surface area contributed by atoms with Crippen LogP contribution in [0.2, 0.25) is 0 Å². The van der Waals surface area contributed by atoms with Gasteiger partial charge in [-0.15, -0.1) is 0 Å². The molecule has 2 aromatic carbocycles. The number of hydrogen-bond acceptors (Lipinski definition) is 4. The van der Waals surface area contributed by atoms with Gasteiger partial charge in [0, 0.05) is 25.2 Å². The second-order valence-corrected chi connectivity index (χ2v) is 7.00. The summed E-state index contributed by atoms with van der Waals surface area (Å²) >= 11 is 0. The standard InChI is InChI=1S/C21H21FN2O4/c1-27-17-8-4-15(5-9-17)21(26)23-11-18-19(12-23)28-13-20(25)24(18)10-14-2-6-16(22)7-3-14/h2-9,18-19H,10-13H2,1H3/t18-,19+/m1/s1. The minimum absolute atomic E-state index is 0.00702. The number of amides is 2. The molecule has 0 N–H and O–H groups in total. The van der Waals surface area contributed by atoms with E-state index in [1.807, 2.05) is 0 Å². The van der Waals surface area contributed by atoms with Crippen LogP contribution in [0.25, 0.3) is 0 Å². The molecular weight excluding hydrogens is 363 g/mol. The van der Waals surface area contributed by atoms with Gasteiger partial charge in [-0.2, -0.15) is 0 Å². The molecule has 2 saturated heterocycles. The smallest absolute Gasteiger partial charge is 0.254 e. The van der Waals surface area contributed by atoms with E-state index < -0.39 is 0 Å². The van der Waals surface area contributed by atoms with Crippen LogP contribution in [0.15, 0.2) is 48.5 Å². The van der Waals surface area contributed by atoms with Gasteiger partial charge in [-0.1, -0.05) is 12.1 Å². The normalized spacial score (nSPS) is 21.6. The monoisotopic (exact) mass is 384 g/mol. The van der Waals surface area contributed by atoms with Gasteiger partial charge in [0.15, 0.2) is 0 Å². The van der Waals surface area contributed by atoms with Crippen molar-refractivity contribution in [2.45, 2.75) is 18.7 Å². The van der Waals surface area contributed by atoms with Crippen molar-refractivity contribution < 1.29 is 23.5 Å². The van der Waals surface area contributed by atoms with E-state index in [9.17, 15) is 14.0 Å². The van der Waals surface area contributed by atoms with Crippen LogP contribution >= 0.6 is 0 Å². The molecule has 146 valence electrons. The van der Waals surface area contributed by atoms with Gasteiger partial charge in [0.2, 0.25) is 5.91 Å². The Labute approximate surface area is 162 Å². The molecule has 0 saturated carbocycles. The quantitative estimate of drug-likeness (QED) is 0.810. The summed E-state index contributed by atoms with van der Waals surface area (Å²) in [5.41, 5.74) is 1.41. The van der Waals surface area contributed by atoms with Crippen molar-refractivity contribution in [1.29, 1.82) is 0 Å². The Bertz CT molecular complexity index is 869. The van der Waals surface area contributed by atoms with E-state index in [0.717, 1.165) is 5.56 Å². The third-order valence-electron chi connectivity index (χ3n) is 5.27. The molecule has 2 fully saturated rings. The van der Waals surface area contributed by atoms with E-state index in [0.29, 0.717) is 30.9 Å². The Kier molecular flexibility index (Phi) is 5.00. The first-order chi connectivity index (χ1) is 13.5. The summed E-state index contributed by atoms with van der Waals surface area (Å²) in [5, 5.41) is 0. The van der Waals surface area contributed by atoms with Gasteiger partial charge < -0.3 is 19.3 Å². The minimum Gasteiger partial charge on any atom is -0.497 e. The van der Waals surface area contributed by atoms with Crippen LogP contribution in [0, 0.1) is 5.82 Å². The van der Waals surface area contributed by atoms with Gasteiger partial charge in [0.1, 0.15) is 18.2 Å². The number of methoxy groups -OCH3 is 1. The van der Waals surface area contributed by atoms with Crippen LogP contribution in [0.1, 0.15) is 15.9 Å². The number of benzene rings is 2. The average molecular weight is 384 g/mol. The van der Waals surface area contributed by atoms with Crippen LogP contribution in [-0.4, -0.2) is 60.6 Å². The number of ether oxygens (including phenoxy) is 2. The fourth-order valence-electron chi connectivity index (χ4n) is 3.74. The number of carbonyl (C=O) groups is 2. The van der Waals surface area contributed by atoms with Crippen LogP contribution in [0.5, 0.6) is 5.75 Å². The molecule has 0 aliphatic carbocycles. The zero-order chi connectivity index (χ0) is 19.7. The highest BCUT2D eigenvalue weighted by atomic mass is 19.1. The number of hydrogen-bond donors (Lipinski definition) is 0. The van der Waals surface area contributed by atoms with E-state index in [1.165, 1.54) is 12.1 Å². The van der Waals surface area contributed by atoms with E-state index in [2.05, 4.69) is 0 Å². The van der Waals surface area contributed by atoms with Crippen molar-refractivity contribution in [3.63, 3.8) is 0 Å². The summed E-state index contributed by atoms with van der Waals surface area (Å²) in [6.45, 7) is 1.20. The van der Waals surface area contributed by atoms with E-state index in [-0.39, 0.29) is 36.4 Å². The highest BCUT2D eigenvalue weighted by Crippen LogP contribution is 2.27. The van der Waals surface area contributed by atoms with Crippen molar-refractivity contribution in [1.82, 2.24) is 9.80 Å². The Hall–Kier alpha value is -2.93. The number of rotatable bonds is 4. The van der Waals surface area contributed by atoms with Gasteiger partial charge in [-0.05, 0) is 42.0 Å². The van der Waals surface area contributed by atoms with Gasteiger partial charge in [0.05, 0.1) is 19.3 Å². The second-order valence-electron chi connectivity index (χ2n) is 7.00. The van der Waals surface area contributed by atoms with Crippen LogP contribution in [0.4, 0.5) is 4.39 Å². The van der Waals surface area contributed by atoms with Crippen molar-refractivity contribution in [2.75, 3.05) is 26.8 Å².